The standard InChI is InChI=1S/C4H9NO2S2/c6-9(7)4-3-5-1-2-8-4/h4-5H,1-3H2,(H,6,7). The van der Waals surface area contributed by atoms with Gasteiger partial charge in [-0.05, 0) is 0 Å². The Morgan fingerprint density at radius 1 is 1.78 bits per heavy atom. The van der Waals surface area contributed by atoms with Gasteiger partial charge in [0.05, 0.1) is 0 Å². The molecule has 0 aliphatic carbocycles. The van der Waals surface area contributed by atoms with Crippen molar-refractivity contribution in [3.63, 3.8) is 0 Å². The van der Waals surface area contributed by atoms with Crippen LogP contribution in [0, 0.1) is 0 Å². The first-order chi connectivity index (χ1) is 4.30. The second kappa shape index (κ2) is 3.55. The summed E-state index contributed by atoms with van der Waals surface area (Å²) in [6.07, 6.45) is 0. The third-order valence-electron chi connectivity index (χ3n) is 1.12. The van der Waals surface area contributed by atoms with Crippen molar-refractivity contribution in [2.45, 2.75) is 4.58 Å². The van der Waals surface area contributed by atoms with Crippen molar-refractivity contribution >= 4 is 22.8 Å². The van der Waals surface area contributed by atoms with Gasteiger partial charge in [0.2, 0.25) is 0 Å². The van der Waals surface area contributed by atoms with Crippen molar-refractivity contribution in [2.75, 3.05) is 18.8 Å². The van der Waals surface area contributed by atoms with E-state index in [0.29, 0.717) is 6.54 Å². The molecular formula is C4H9NO2S2. The molecule has 9 heavy (non-hydrogen) atoms. The van der Waals surface area contributed by atoms with Crippen LogP contribution in [0.15, 0.2) is 0 Å². The largest absolute Gasteiger partial charge is 0.314 e. The Morgan fingerprint density at radius 3 is 2.89 bits per heavy atom. The molecule has 2 N–H and O–H groups in total. The van der Waals surface area contributed by atoms with Crippen LogP contribution in [-0.4, -0.2) is 32.2 Å². The Balaban J connectivity index is 2.31. The zero-order valence-corrected chi connectivity index (χ0v) is 6.50. The van der Waals surface area contributed by atoms with Gasteiger partial charge >= 0.3 is 0 Å². The highest BCUT2D eigenvalue weighted by Gasteiger charge is 2.17. The minimum absolute atomic E-state index is 0.112. The van der Waals surface area contributed by atoms with Crippen molar-refractivity contribution in [1.29, 1.82) is 0 Å². The molecule has 54 valence electrons. The molecule has 1 aliphatic heterocycles. The molecule has 1 aliphatic rings. The lowest BCUT2D eigenvalue weighted by Gasteiger charge is -2.18. The van der Waals surface area contributed by atoms with Crippen LogP contribution in [0.1, 0.15) is 0 Å². The number of rotatable bonds is 1. The third-order valence-corrected chi connectivity index (χ3v) is 3.62. The second-order valence-corrected chi connectivity index (χ2v) is 4.51. The molecule has 3 nitrogen and oxygen atoms in total. The molecule has 1 saturated heterocycles. The average Bonchev–Trinajstić information content (AvgIpc) is 1.90. The summed E-state index contributed by atoms with van der Waals surface area (Å²) in [5.74, 6) is 0.941. The fourth-order valence-corrected chi connectivity index (χ4v) is 2.45. The van der Waals surface area contributed by atoms with Crippen LogP contribution >= 0.6 is 11.8 Å². The summed E-state index contributed by atoms with van der Waals surface area (Å²) in [7, 11) is 0. The van der Waals surface area contributed by atoms with E-state index in [-0.39, 0.29) is 4.58 Å². The van der Waals surface area contributed by atoms with Gasteiger partial charge in [0.25, 0.3) is 0 Å². The van der Waals surface area contributed by atoms with Gasteiger partial charge in [0.1, 0.15) is 4.58 Å². The molecule has 5 heteroatoms. The lowest BCUT2D eigenvalue weighted by molar-refractivity contribution is 0.555. The molecule has 0 aromatic rings. The zero-order chi connectivity index (χ0) is 6.69. The number of hydrogen-bond donors (Lipinski definition) is 2. The first-order valence-electron chi connectivity index (χ1n) is 2.72. The Morgan fingerprint density at radius 2 is 2.56 bits per heavy atom. The maximum Gasteiger partial charge on any atom is 0.167 e. The Kier molecular flexibility index (Phi) is 2.97. The van der Waals surface area contributed by atoms with E-state index in [2.05, 4.69) is 5.32 Å². The van der Waals surface area contributed by atoms with Crippen molar-refractivity contribution in [3.05, 3.63) is 0 Å². The number of hydrogen-bond acceptors (Lipinski definition) is 3. The first kappa shape index (κ1) is 7.53. The highest BCUT2D eigenvalue weighted by atomic mass is 32.2. The minimum Gasteiger partial charge on any atom is -0.314 e. The topological polar surface area (TPSA) is 49.3 Å². The fourth-order valence-electron chi connectivity index (χ4n) is 0.671. The minimum atomic E-state index is -1.65. The Labute approximate surface area is 60.9 Å². The molecule has 1 rings (SSSR count). The number of thioether (sulfide) groups is 1. The summed E-state index contributed by atoms with van der Waals surface area (Å²) in [5.41, 5.74) is 0. The van der Waals surface area contributed by atoms with Gasteiger partial charge in [-0.25, -0.2) is 4.21 Å². The van der Waals surface area contributed by atoms with E-state index in [1.807, 2.05) is 0 Å². The van der Waals surface area contributed by atoms with Gasteiger partial charge in [0, 0.05) is 18.8 Å². The van der Waals surface area contributed by atoms with E-state index in [4.69, 9.17) is 4.55 Å². The van der Waals surface area contributed by atoms with Crippen molar-refractivity contribution in [3.8, 4) is 0 Å². The van der Waals surface area contributed by atoms with E-state index in [1.165, 1.54) is 0 Å². The lowest BCUT2D eigenvalue weighted by atomic mass is 10.6. The maximum absolute atomic E-state index is 10.4. The van der Waals surface area contributed by atoms with Gasteiger partial charge in [-0.3, -0.25) is 0 Å². The summed E-state index contributed by atoms with van der Waals surface area (Å²) < 4.78 is 18.9. The van der Waals surface area contributed by atoms with Gasteiger partial charge < -0.3 is 9.87 Å². The smallest absolute Gasteiger partial charge is 0.167 e. The van der Waals surface area contributed by atoms with E-state index in [0.717, 1.165) is 12.3 Å². The fraction of sp³-hybridized carbons (Fsp3) is 1.00. The van der Waals surface area contributed by atoms with Gasteiger partial charge in [0.15, 0.2) is 11.1 Å². The van der Waals surface area contributed by atoms with Crippen LogP contribution in [0.2, 0.25) is 0 Å². The van der Waals surface area contributed by atoms with Crippen LogP contribution < -0.4 is 5.32 Å². The van der Waals surface area contributed by atoms with Crippen LogP contribution in [0.5, 0.6) is 0 Å². The van der Waals surface area contributed by atoms with E-state index >= 15 is 0 Å². The van der Waals surface area contributed by atoms with Gasteiger partial charge in [-0.1, -0.05) is 0 Å². The molecule has 0 spiro atoms. The molecule has 2 unspecified atom stereocenters. The molecule has 1 heterocycles. The molecule has 2 atom stereocenters. The SMILES string of the molecule is O=S(O)C1CNCCS1. The third kappa shape index (κ3) is 2.25. The summed E-state index contributed by atoms with van der Waals surface area (Å²) in [6, 6.07) is 0. The molecule has 0 radical (unpaired) electrons. The predicted molar refractivity (Wildman–Crippen MR) is 39.9 cm³/mol. The van der Waals surface area contributed by atoms with Gasteiger partial charge in [-0.2, -0.15) is 0 Å². The van der Waals surface area contributed by atoms with Crippen molar-refractivity contribution < 1.29 is 8.76 Å². The van der Waals surface area contributed by atoms with Crippen LogP contribution in [0.4, 0.5) is 0 Å². The summed E-state index contributed by atoms with van der Waals surface area (Å²) in [4.78, 5) is 0. The predicted octanol–water partition coefficient (Wildman–Crippen LogP) is -0.129. The van der Waals surface area contributed by atoms with E-state index in [1.54, 1.807) is 11.8 Å². The summed E-state index contributed by atoms with van der Waals surface area (Å²) in [5, 5.41) is 3.04. The highest BCUT2D eigenvalue weighted by Crippen LogP contribution is 2.14. The summed E-state index contributed by atoms with van der Waals surface area (Å²) >= 11 is -0.0929. The highest BCUT2D eigenvalue weighted by molar-refractivity contribution is 8.09. The molecular weight excluding hydrogens is 158 g/mol. The monoisotopic (exact) mass is 167 g/mol. The second-order valence-electron chi connectivity index (χ2n) is 1.78. The number of nitrogens with one attached hydrogen (secondary N) is 1. The first-order valence-corrected chi connectivity index (χ1v) is 4.94. The van der Waals surface area contributed by atoms with Crippen molar-refractivity contribution in [2.24, 2.45) is 0 Å². The lowest BCUT2D eigenvalue weighted by Crippen LogP contribution is -2.34. The van der Waals surface area contributed by atoms with Crippen LogP contribution in [0.3, 0.4) is 0 Å². The van der Waals surface area contributed by atoms with Crippen LogP contribution in [0.25, 0.3) is 0 Å². The molecule has 0 aromatic heterocycles. The molecule has 1 fully saturated rings. The molecule has 0 saturated carbocycles. The van der Waals surface area contributed by atoms with E-state index in [9.17, 15) is 4.21 Å². The quantitative estimate of drug-likeness (QED) is 0.534. The van der Waals surface area contributed by atoms with Crippen molar-refractivity contribution in [1.82, 2.24) is 5.32 Å². The normalized spacial score (nSPS) is 31.9. The van der Waals surface area contributed by atoms with Crippen LogP contribution in [-0.2, 0) is 11.1 Å². The average molecular weight is 167 g/mol. The summed E-state index contributed by atoms with van der Waals surface area (Å²) in [6.45, 7) is 1.62. The Bertz CT molecular complexity index is 113. The maximum atomic E-state index is 10.4. The van der Waals surface area contributed by atoms with E-state index < -0.39 is 11.1 Å². The zero-order valence-electron chi connectivity index (χ0n) is 4.87. The molecule has 0 amide bonds. The van der Waals surface area contributed by atoms with Gasteiger partial charge in [-0.15, -0.1) is 11.8 Å². The Hall–Kier alpha value is 0.420. The molecule has 0 bridgehead atoms. The molecule has 0 aromatic carbocycles.